The van der Waals surface area contributed by atoms with Crippen LogP contribution in [0.1, 0.15) is 25.8 Å². The summed E-state index contributed by atoms with van der Waals surface area (Å²) in [4.78, 5) is 32.9. The predicted molar refractivity (Wildman–Crippen MR) is 125 cm³/mol. The Bertz CT molecular complexity index is 1120. The SMILES string of the molecule is CCCN1C(=O)C(=C2C=Cc3ccccc3N2CC)SC1=Nc1ccc([N+](=O)[O-])cc1. The molecule has 31 heavy (non-hydrogen) atoms. The van der Waals surface area contributed by atoms with E-state index < -0.39 is 4.92 Å². The van der Waals surface area contributed by atoms with Crippen molar-refractivity contribution in [3.05, 3.63) is 80.9 Å². The van der Waals surface area contributed by atoms with Gasteiger partial charge in [0.1, 0.15) is 4.91 Å². The minimum absolute atomic E-state index is 0.0110. The van der Waals surface area contributed by atoms with E-state index in [4.69, 9.17) is 0 Å². The molecule has 1 saturated heterocycles. The van der Waals surface area contributed by atoms with Crippen molar-refractivity contribution in [2.24, 2.45) is 4.99 Å². The van der Waals surface area contributed by atoms with E-state index in [0.717, 1.165) is 29.9 Å². The van der Waals surface area contributed by atoms with Gasteiger partial charge < -0.3 is 4.90 Å². The van der Waals surface area contributed by atoms with Gasteiger partial charge in [0.05, 0.1) is 16.3 Å². The molecule has 0 aliphatic carbocycles. The van der Waals surface area contributed by atoms with Gasteiger partial charge in [-0.25, -0.2) is 4.99 Å². The smallest absolute Gasteiger partial charge is 0.269 e. The first-order valence-corrected chi connectivity index (χ1v) is 11.0. The lowest BCUT2D eigenvalue weighted by atomic mass is 10.1. The van der Waals surface area contributed by atoms with E-state index in [1.807, 2.05) is 31.2 Å². The Morgan fingerprint density at radius 3 is 2.45 bits per heavy atom. The number of nitro benzene ring substituents is 1. The zero-order valence-corrected chi connectivity index (χ0v) is 18.1. The molecule has 2 aromatic carbocycles. The summed E-state index contributed by atoms with van der Waals surface area (Å²) in [6.07, 6.45) is 4.82. The van der Waals surface area contributed by atoms with Crippen LogP contribution in [0.3, 0.4) is 0 Å². The third-order valence-corrected chi connectivity index (χ3v) is 6.17. The number of hydrogen-bond donors (Lipinski definition) is 0. The zero-order valence-electron chi connectivity index (χ0n) is 17.3. The molecule has 2 aliphatic heterocycles. The van der Waals surface area contributed by atoms with Crippen molar-refractivity contribution < 1.29 is 9.72 Å². The molecule has 1 amide bonds. The van der Waals surface area contributed by atoms with Crippen LogP contribution in [-0.4, -0.2) is 34.0 Å². The highest BCUT2D eigenvalue weighted by Crippen LogP contribution is 2.40. The van der Waals surface area contributed by atoms with Crippen LogP contribution in [0.5, 0.6) is 0 Å². The number of carbonyl (C=O) groups excluding carboxylic acids is 1. The number of non-ortho nitro benzene ring substituents is 1. The molecule has 1 fully saturated rings. The highest BCUT2D eigenvalue weighted by atomic mass is 32.2. The summed E-state index contributed by atoms with van der Waals surface area (Å²) in [6.45, 7) is 5.37. The van der Waals surface area contributed by atoms with E-state index >= 15 is 0 Å². The third-order valence-electron chi connectivity index (χ3n) is 5.08. The Balaban J connectivity index is 1.74. The molecule has 0 bridgehead atoms. The molecule has 0 unspecified atom stereocenters. The van der Waals surface area contributed by atoms with Crippen molar-refractivity contribution in [2.45, 2.75) is 20.3 Å². The fraction of sp³-hybridized carbons (Fsp3) is 0.217. The van der Waals surface area contributed by atoms with Crippen LogP contribution in [-0.2, 0) is 4.79 Å². The Kier molecular flexibility index (Phi) is 5.90. The standard InChI is InChI=1S/C23H22N4O3S/c1-3-15-26-22(28)21(20-14-9-16-7-5-6-8-19(16)25(20)4-2)31-23(26)24-17-10-12-18(13-11-17)27(29)30/h5-14H,3-4,15H2,1-2H3. The minimum atomic E-state index is -0.441. The first kappa shape index (κ1) is 20.9. The van der Waals surface area contributed by atoms with Crippen molar-refractivity contribution in [1.82, 2.24) is 4.90 Å². The van der Waals surface area contributed by atoms with E-state index in [1.54, 1.807) is 17.0 Å². The van der Waals surface area contributed by atoms with Gasteiger partial charge in [-0.1, -0.05) is 31.2 Å². The average Bonchev–Trinajstić information content (AvgIpc) is 3.08. The summed E-state index contributed by atoms with van der Waals surface area (Å²) in [5, 5.41) is 11.5. The Morgan fingerprint density at radius 2 is 1.77 bits per heavy atom. The molecule has 0 atom stereocenters. The average molecular weight is 435 g/mol. The molecule has 0 saturated carbocycles. The maximum Gasteiger partial charge on any atom is 0.269 e. The Morgan fingerprint density at radius 1 is 1.03 bits per heavy atom. The monoisotopic (exact) mass is 434 g/mol. The fourth-order valence-corrected chi connectivity index (χ4v) is 4.72. The number of carbonyl (C=O) groups is 1. The number of rotatable bonds is 5. The number of fused-ring (bicyclic) bond motifs is 1. The lowest BCUT2D eigenvalue weighted by Gasteiger charge is -2.30. The number of thioether (sulfide) groups is 1. The van der Waals surface area contributed by atoms with Gasteiger partial charge in [-0.2, -0.15) is 0 Å². The minimum Gasteiger partial charge on any atom is -0.340 e. The molecule has 8 heteroatoms. The van der Waals surface area contributed by atoms with Crippen LogP contribution in [0, 0.1) is 10.1 Å². The van der Waals surface area contributed by atoms with Gasteiger partial charge in [-0.15, -0.1) is 0 Å². The van der Waals surface area contributed by atoms with Gasteiger partial charge >= 0.3 is 0 Å². The maximum atomic E-state index is 13.3. The van der Waals surface area contributed by atoms with Crippen LogP contribution in [0.2, 0.25) is 0 Å². The second-order valence-electron chi connectivity index (χ2n) is 7.08. The van der Waals surface area contributed by atoms with Gasteiger partial charge in [0, 0.05) is 30.9 Å². The summed E-state index contributed by atoms with van der Waals surface area (Å²) in [5.41, 5.74) is 3.65. The summed E-state index contributed by atoms with van der Waals surface area (Å²) < 4.78 is 0. The van der Waals surface area contributed by atoms with E-state index in [0.29, 0.717) is 22.3 Å². The molecule has 0 radical (unpaired) electrons. The van der Waals surface area contributed by atoms with Crippen molar-refractivity contribution in [2.75, 3.05) is 18.0 Å². The number of hydrogen-bond acceptors (Lipinski definition) is 6. The second-order valence-corrected chi connectivity index (χ2v) is 8.06. The number of para-hydroxylation sites is 1. The summed E-state index contributed by atoms with van der Waals surface area (Å²) in [7, 11) is 0. The number of benzene rings is 2. The molecule has 2 aromatic rings. The third kappa shape index (κ3) is 3.98. The normalized spacial score (nSPS) is 19.3. The van der Waals surface area contributed by atoms with Crippen molar-refractivity contribution in [3.8, 4) is 0 Å². The highest BCUT2D eigenvalue weighted by Gasteiger charge is 2.36. The molecule has 0 aromatic heterocycles. The van der Waals surface area contributed by atoms with Gasteiger partial charge in [0.15, 0.2) is 5.17 Å². The number of nitrogens with zero attached hydrogens (tertiary/aromatic N) is 4. The molecule has 2 heterocycles. The number of aliphatic imine (C=N–C) groups is 1. The van der Waals surface area contributed by atoms with Crippen LogP contribution in [0.25, 0.3) is 6.08 Å². The molecule has 7 nitrogen and oxygen atoms in total. The van der Waals surface area contributed by atoms with E-state index in [9.17, 15) is 14.9 Å². The number of amides is 1. The number of amidine groups is 1. The first-order valence-electron chi connectivity index (χ1n) is 10.1. The van der Waals surface area contributed by atoms with Gasteiger partial charge in [-0.3, -0.25) is 19.8 Å². The number of likely N-dealkylation sites (N-methyl/N-ethyl adjacent to an activating group) is 1. The number of allylic oxidation sites excluding steroid dienone is 1. The van der Waals surface area contributed by atoms with E-state index in [-0.39, 0.29) is 11.6 Å². The predicted octanol–water partition coefficient (Wildman–Crippen LogP) is 5.33. The summed E-state index contributed by atoms with van der Waals surface area (Å²) in [6, 6.07) is 14.2. The molecule has 0 N–H and O–H groups in total. The highest BCUT2D eigenvalue weighted by molar-refractivity contribution is 8.18. The van der Waals surface area contributed by atoms with Gasteiger partial charge in [0.25, 0.3) is 11.6 Å². The van der Waals surface area contributed by atoms with Gasteiger partial charge in [-0.05, 0) is 54.9 Å². The largest absolute Gasteiger partial charge is 0.340 e. The first-order chi connectivity index (χ1) is 15.0. The molecular weight excluding hydrogens is 412 g/mol. The summed E-state index contributed by atoms with van der Waals surface area (Å²) in [5.74, 6) is -0.0648. The van der Waals surface area contributed by atoms with Crippen LogP contribution in [0.15, 0.2) is 70.2 Å². The van der Waals surface area contributed by atoms with E-state index in [1.165, 1.54) is 23.9 Å². The number of anilines is 1. The lowest BCUT2D eigenvalue weighted by Crippen LogP contribution is -2.31. The molecule has 0 spiro atoms. The molecule has 4 rings (SSSR count). The zero-order chi connectivity index (χ0) is 22.0. The molecular formula is C23H22N4O3S. The lowest BCUT2D eigenvalue weighted by molar-refractivity contribution is -0.384. The fourth-order valence-electron chi connectivity index (χ4n) is 3.63. The van der Waals surface area contributed by atoms with Crippen LogP contribution >= 0.6 is 11.8 Å². The van der Waals surface area contributed by atoms with Crippen molar-refractivity contribution in [3.63, 3.8) is 0 Å². The second kappa shape index (κ2) is 8.77. The van der Waals surface area contributed by atoms with Gasteiger partial charge in [0.2, 0.25) is 0 Å². The summed E-state index contributed by atoms with van der Waals surface area (Å²) >= 11 is 1.35. The van der Waals surface area contributed by atoms with Crippen molar-refractivity contribution in [1.29, 1.82) is 0 Å². The molecule has 158 valence electrons. The van der Waals surface area contributed by atoms with E-state index in [2.05, 4.69) is 28.9 Å². The van der Waals surface area contributed by atoms with Crippen LogP contribution in [0.4, 0.5) is 17.1 Å². The number of nitro groups is 1. The van der Waals surface area contributed by atoms with Crippen molar-refractivity contribution >= 4 is 46.0 Å². The Labute approximate surface area is 184 Å². The molecule has 2 aliphatic rings. The topological polar surface area (TPSA) is 79.0 Å². The van der Waals surface area contributed by atoms with Crippen LogP contribution < -0.4 is 4.90 Å². The quantitative estimate of drug-likeness (QED) is 0.361. The Hall–Kier alpha value is -3.39. The maximum absolute atomic E-state index is 13.3.